The van der Waals surface area contributed by atoms with Crippen LogP contribution in [0.3, 0.4) is 0 Å². The van der Waals surface area contributed by atoms with Crippen LogP contribution in [0.5, 0.6) is 11.5 Å². The van der Waals surface area contributed by atoms with E-state index in [0.29, 0.717) is 25.5 Å². The van der Waals surface area contributed by atoms with E-state index in [1.165, 1.54) is 11.8 Å². The average molecular weight is 381 g/mol. The zero-order valence-corrected chi connectivity index (χ0v) is 16.6. The molecule has 0 aliphatic carbocycles. The molecule has 1 fully saturated rings. The van der Waals surface area contributed by atoms with Gasteiger partial charge < -0.3 is 19.7 Å². The van der Waals surface area contributed by atoms with Gasteiger partial charge in [0, 0.05) is 12.3 Å². The molecule has 0 spiro atoms. The van der Waals surface area contributed by atoms with Crippen LogP contribution < -0.4 is 14.8 Å². The predicted molar refractivity (Wildman–Crippen MR) is 104 cm³/mol. The second kappa shape index (κ2) is 10.3. The van der Waals surface area contributed by atoms with Crippen molar-refractivity contribution in [1.82, 2.24) is 10.2 Å². The number of nitrogens with one attached hydrogen (secondary N) is 1. The minimum absolute atomic E-state index is 0.0273. The van der Waals surface area contributed by atoms with E-state index in [-0.39, 0.29) is 23.7 Å². The van der Waals surface area contributed by atoms with Crippen LogP contribution in [0.1, 0.15) is 45.2 Å². The van der Waals surface area contributed by atoms with Gasteiger partial charge in [0.15, 0.2) is 11.5 Å². The number of hydrogen-bond acceptors (Lipinski definition) is 5. The number of thioether (sulfide) groups is 1. The number of rotatable bonds is 10. The van der Waals surface area contributed by atoms with E-state index >= 15 is 0 Å². The van der Waals surface area contributed by atoms with Crippen LogP contribution in [0.4, 0.5) is 4.79 Å². The second-order valence-corrected chi connectivity index (χ2v) is 7.27. The Kier molecular flexibility index (Phi) is 8.09. The fourth-order valence-electron chi connectivity index (χ4n) is 2.56. The predicted octanol–water partition coefficient (Wildman–Crippen LogP) is 3.61. The van der Waals surface area contributed by atoms with Gasteiger partial charge in [-0.1, -0.05) is 31.7 Å². The zero-order chi connectivity index (χ0) is 18.9. The highest BCUT2D eigenvalue weighted by atomic mass is 32.2. The van der Waals surface area contributed by atoms with E-state index < -0.39 is 0 Å². The number of nitrogens with zero attached hydrogens (tertiary/aromatic N) is 1. The van der Waals surface area contributed by atoms with Crippen LogP contribution in [-0.4, -0.2) is 48.1 Å². The third-order valence-electron chi connectivity index (χ3n) is 3.95. The number of carbonyl (C=O) groups excluding carboxylic acids is 2. The number of benzene rings is 1. The lowest BCUT2D eigenvalue weighted by Gasteiger charge is -2.20. The van der Waals surface area contributed by atoms with Crippen LogP contribution in [-0.2, 0) is 4.79 Å². The van der Waals surface area contributed by atoms with Crippen molar-refractivity contribution in [3.63, 3.8) is 0 Å². The summed E-state index contributed by atoms with van der Waals surface area (Å²) in [7, 11) is 0. The van der Waals surface area contributed by atoms with Crippen molar-refractivity contribution < 1.29 is 19.1 Å². The highest BCUT2D eigenvalue weighted by molar-refractivity contribution is 8.13. The monoisotopic (exact) mass is 380 g/mol. The molecule has 7 heteroatoms. The highest BCUT2D eigenvalue weighted by Gasteiger charge is 2.24. The molecule has 1 aromatic carbocycles. The van der Waals surface area contributed by atoms with Gasteiger partial charge in [-0.15, -0.1) is 0 Å². The molecule has 1 unspecified atom stereocenters. The molecule has 1 saturated heterocycles. The van der Waals surface area contributed by atoms with Gasteiger partial charge in [0.05, 0.1) is 19.3 Å². The summed E-state index contributed by atoms with van der Waals surface area (Å²) in [4.78, 5) is 25.4. The smallest absolute Gasteiger partial charge is 0.282 e. The molecule has 0 radical (unpaired) electrons. The lowest BCUT2D eigenvalue weighted by Crippen LogP contribution is -2.38. The Hall–Kier alpha value is -1.89. The van der Waals surface area contributed by atoms with Gasteiger partial charge in [0.2, 0.25) is 5.91 Å². The third kappa shape index (κ3) is 5.83. The van der Waals surface area contributed by atoms with Crippen LogP contribution in [0.25, 0.3) is 0 Å². The van der Waals surface area contributed by atoms with Gasteiger partial charge in [-0.25, -0.2) is 0 Å². The maximum atomic E-state index is 12.2. The van der Waals surface area contributed by atoms with Gasteiger partial charge in [0.1, 0.15) is 6.54 Å². The molecule has 1 aliphatic heterocycles. The lowest BCUT2D eigenvalue weighted by atomic mass is 10.1. The van der Waals surface area contributed by atoms with Gasteiger partial charge in [0.25, 0.3) is 5.24 Å². The van der Waals surface area contributed by atoms with Crippen molar-refractivity contribution in [3.8, 4) is 11.5 Å². The summed E-state index contributed by atoms with van der Waals surface area (Å²) in [5, 5.41) is 2.92. The normalized spacial score (nSPS) is 15.0. The molecule has 0 aromatic heterocycles. The number of carbonyl (C=O) groups is 2. The molecule has 2 rings (SSSR count). The quantitative estimate of drug-likeness (QED) is 0.672. The van der Waals surface area contributed by atoms with E-state index in [9.17, 15) is 9.59 Å². The Morgan fingerprint density at radius 1 is 1.23 bits per heavy atom. The maximum absolute atomic E-state index is 12.2. The van der Waals surface area contributed by atoms with E-state index in [1.54, 1.807) is 4.90 Å². The summed E-state index contributed by atoms with van der Waals surface area (Å²) < 4.78 is 11.5. The van der Waals surface area contributed by atoms with Crippen molar-refractivity contribution in [2.45, 2.75) is 39.7 Å². The van der Waals surface area contributed by atoms with Crippen LogP contribution in [0.15, 0.2) is 18.2 Å². The van der Waals surface area contributed by atoms with Crippen LogP contribution in [0.2, 0.25) is 0 Å². The molecule has 1 aliphatic rings. The molecule has 1 N–H and O–H groups in total. The van der Waals surface area contributed by atoms with E-state index in [4.69, 9.17) is 9.47 Å². The van der Waals surface area contributed by atoms with Gasteiger partial charge >= 0.3 is 0 Å². The van der Waals surface area contributed by atoms with Gasteiger partial charge in [-0.05, 0) is 37.5 Å². The molecule has 1 atom stereocenters. The Labute approximate surface area is 159 Å². The summed E-state index contributed by atoms with van der Waals surface area (Å²) in [5.41, 5.74) is 0.940. The molecule has 144 valence electrons. The minimum Gasteiger partial charge on any atom is -0.490 e. The number of hydrogen-bond donors (Lipinski definition) is 1. The number of amides is 2. The average Bonchev–Trinajstić information content (AvgIpc) is 3.02. The molecule has 2 amide bonds. The van der Waals surface area contributed by atoms with E-state index in [0.717, 1.165) is 29.9 Å². The first-order valence-corrected chi connectivity index (χ1v) is 10.1. The van der Waals surface area contributed by atoms with Crippen molar-refractivity contribution in [2.24, 2.45) is 0 Å². The number of ether oxygens (including phenoxy) is 2. The first-order chi connectivity index (χ1) is 12.5. The largest absolute Gasteiger partial charge is 0.490 e. The summed E-state index contributed by atoms with van der Waals surface area (Å²) in [6.07, 6.45) is 1.83. The summed E-state index contributed by atoms with van der Waals surface area (Å²) in [6, 6.07) is 5.56. The molecule has 6 nitrogen and oxygen atoms in total. The van der Waals surface area contributed by atoms with Crippen LogP contribution in [0, 0.1) is 0 Å². The first kappa shape index (κ1) is 20.4. The molecule has 26 heavy (non-hydrogen) atoms. The first-order valence-electron chi connectivity index (χ1n) is 9.15. The fourth-order valence-corrected chi connectivity index (χ4v) is 3.39. The lowest BCUT2D eigenvalue weighted by molar-refractivity contribution is -0.122. The maximum Gasteiger partial charge on any atom is 0.282 e. The van der Waals surface area contributed by atoms with Crippen molar-refractivity contribution in [1.29, 1.82) is 0 Å². The third-order valence-corrected chi connectivity index (χ3v) is 4.84. The molecule has 0 bridgehead atoms. The molecule has 1 aromatic rings. The van der Waals surface area contributed by atoms with Crippen LogP contribution >= 0.6 is 11.8 Å². The summed E-state index contributed by atoms with van der Waals surface area (Å²) >= 11 is 1.26. The molecular formula is C19H28N2O4S. The van der Waals surface area contributed by atoms with E-state index in [1.807, 2.05) is 25.1 Å². The van der Waals surface area contributed by atoms with E-state index in [2.05, 4.69) is 19.2 Å². The Morgan fingerprint density at radius 3 is 2.54 bits per heavy atom. The van der Waals surface area contributed by atoms with Gasteiger partial charge in [-0.2, -0.15) is 0 Å². The zero-order valence-electron chi connectivity index (χ0n) is 15.7. The Balaban J connectivity index is 2.00. The molecule has 0 saturated carbocycles. The Bertz CT molecular complexity index is 624. The topological polar surface area (TPSA) is 67.9 Å². The van der Waals surface area contributed by atoms with Crippen molar-refractivity contribution >= 4 is 22.9 Å². The standard InChI is InChI=1S/C19H28N2O4S/c1-4-9-24-16-7-6-15(12-17(16)25-10-5-2)14(3)20-18(22)13-21-8-11-26-19(21)23/h6-7,12,14H,4-5,8-11,13H2,1-3H3,(H,20,22). The SMILES string of the molecule is CCCOc1ccc(C(C)NC(=O)CN2CCSC2=O)cc1OCCC. The fraction of sp³-hybridized carbons (Fsp3) is 0.579. The molecule has 1 heterocycles. The minimum atomic E-state index is -0.183. The van der Waals surface area contributed by atoms with Crippen molar-refractivity contribution in [3.05, 3.63) is 23.8 Å². The molecular weight excluding hydrogens is 352 g/mol. The summed E-state index contributed by atoms with van der Waals surface area (Å²) in [5.74, 6) is 2.02. The van der Waals surface area contributed by atoms with Gasteiger partial charge in [-0.3, -0.25) is 9.59 Å². The highest BCUT2D eigenvalue weighted by Crippen LogP contribution is 2.31. The second-order valence-electron chi connectivity index (χ2n) is 6.23. The van der Waals surface area contributed by atoms with Crippen molar-refractivity contribution in [2.75, 3.05) is 32.1 Å². The summed E-state index contributed by atoms with van der Waals surface area (Å²) in [6.45, 7) is 8.01. The Morgan fingerprint density at radius 2 is 1.92 bits per heavy atom.